The fraction of sp³-hybridized carbons (Fsp3) is 0.500. The minimum absolute atomic E-state index is 0.166. The van der Waals surface area contributed by atoms with Crippen LogP contribution in [0.5, 0.6) is 0 Å². The first-order chi connectivity index (χ1) is 8.76. The molecule has 98 valence electrons. The van der Waals surface area contributed by atoms with Gasteiger partial charge in [0.1, 0.15) is 6.54 Å². The van der Waals surface area contributed by atoms with E-state index in [0.29, 0.717) is 25.6 Å². The number of benzene rings is 1. The molecule has 1 aromatic carbocycles. The minimum atomic E-state index is -0.166. The Kier molecular flexibility index (Phi) is 4.20. The number of carbonyl (C=O) groups is 1. The maximum Gasteiger partial charge on any atom is 0.325 e. The second-order valence-corrected chi connectivity index (χ2v) is 4.52. The van der Waals surface area contributed by atoms with Gasteiger partial charge in [0, 0.05) is 18.2 Å². The molecule has 4 nitrogen and oxygen atoms in total. The van der Waals surface area contributed by atoms with E-state index >= 15 is 0 Å². The van der Waals surface area contributed by atoms with Crippen LogP contribution in [-0.4, -0.2) is 32.2 Å². The van der Waals surface area contributed by atoms with E-state index in [-0.39, 0.29) is 5.97 Å². The van der Waals surface area contributed by atoms with Gasteiger partial charge in [-0.05, 0) is 31.5 Å². The van der Waals surface area contributed by atoms with Gasteiger partial charge in [-0.1, -0.05) is 18.2 Å². The SMILES string of the molecule is CCOC(=O)CN1CC(CCN)c2ccccc21. The number of esters is 1. The molecule has 0 fully saturated rings. The van der Waals surface area contributed by atoms with E-state index in [9.17, 15) is 4.79 Å². The Balaban J connectivity index is 2.12. The molecule has 0 aliphatic carbocycles. The van der Waals surface area contributed by atoms with Crippen LogP contribution in [0.3, 0.4) is 0 Å². The molecule has 0 radical (unpaired) electrons. The second kappa shape index (κ2) is 5.87. The molecule has 1 atom stereocenters. The predicted molar refractivity (Wildman–Crippen MR) is 71.7 cm³/mol. The number of fused-ring (bicyclic) bond motifs is 1. The maximum atomic E-state index is 11.6. The molecule has 1 aromatic rings. The summed E-state index contributed by atoms with van der Waals surface area (Å²) in [6.45, 7) is 4.11. The number of ether oxygens (including phenoxy) is 1. The number of hydrogen-bond donors (Lipinski definition) is 1. The lowest BCUT2D eigenvalue weighted by molar-refractivity contribution is -0.141. The normalized spacial score (nSPS) is 17.7. The number of hydrogen-bond acceptors (Lipinski definition) is 4. The Morgan fingerprint density at radius 1 is 1.50 bits per heavy atom. The van der Waals surface area contributed by atoms with Gasteiger partial charge in [0.2, 0.25) is 0 Å². The lowest BCUT2D eigenvalue weighted by Gasteiger charge is -2.18. The van der Waals surface area contributed by atoms with Crippen LogP contribution >= 0.6 is 0 Å². The zero-order chi connectivity index (χ0) is 13.0. The van der Waals surface area contributed by atoms with E-state index < -0.39 is 0 Å². The van der Waals surface area contributed by atoms with Crippen molar-refractivity contribution in [1.82, 2.24) is 0 Å². The van der Waals surface area contributed by atoms with E-state index in [1.165, 1.54) is 5.56 Å². The molecule has 18 heavy (non-hydrogen) atoms. The van der Waals surface area contributed by atoms with Gasteiger partial charge < -0.3 is 15.4 Å². The zero-order valence-corrected chi connectivity index (χ0v) is 10.8. The summed E-state index contributed by atoms with van der Waals surface area (Å²) in [6, 6.07) is 8.23. The average molecular weight is 248 g/mol. The highest BCUT2D eigenvalue weighted by atomic mass is 16.5. The third kappa shape index (κ3) is 2.64. The standard InChI is InChI=1S/C14H20N2O2/c1-2-18-14(17)10-16-9-11(7-8-15)12-5-3-4-6-13(12)16/h3-6,11H,2,7-10,15H2,1H3. The van der Waals surface area contributed by atoms with Gasteiger partial charge >= 0.3 is 5.97 Å². The quantitative estimate of drug-likeness (QED) is 0.802. The molecule has 2 rings (SSSR count). The Hall–Kier alpha value is -1.55. The summed E-state index contributed by atoms with van der Waals surface area (Å²) < 4.78 is 5.01. The lowest BCUT2D eigenvalue weighted by Crippen LogP contribution is -2.30. The van der Waals surface area contributed by atoms with Gasteiger partial charge in [0.05, 0.1) is 6.61 Å². The van der Waals surface area contributed by atoms with Crippen LogP contribution in [0.25, 0.3) is 0 Å². The van der Waals surface area contributed by atoms with Crippen LogP contribution in [0, 0.1) is 0 Å². The molecule has 0 spiro atoms. The van der Waals surface area contributed by atoms with Crippen molar-refractivity contribution in [2.75, 3.05) is 31.1 Å². The summed E-state index contributed by atoms with van der Waals surface area (Å²) in [5.74, 6) is 0.265. The van der Waals surface area contributed by atoms with E-state index in [1.807, 2.05) is 19.1 Å². The first-order valence-corrected chi connectivity index (χ1v) is 6.45. The molecule has 0 amide bonds. The highest BCUT2D eigenvalue weighted by molar-refractivity contribution is 5.77. The van der Waals surface area contributed by atoms with Crippen LogP contribution in [-0.2, 0) is 9.53 Å². The number of anilines is 1. The maximum absolute atomic E-state index is 11.6. The molecular weight excluding hydrogens is 228 g/mol. The Labute approximate surface area is 108 Å². The monoisotopic (exact) mass is 248 g/mol. The molecule has 4 heteroatoms. The largest absolute Gasteiger partial charge is 0.465 e. The summed E-state index contributed by atoms with van der Waals surface area (Å²) in [6.07, 6.45) is 0.955. The van der Waals surface area contributed by atoms with Crippen LogP contribution in [0.15, 0.2) is 24.3 Å². The lowest BCUT2D eigenvalue weighted by atomic mass is 9.98. The number of carbonyl (C=O) groups excluding carboxylic acids is 1. The third-order valence-corrected chi connectivity index (χ3v) is 3.30. The van der Waals surface area contributed by atoms with Crippen molar-refractivity contribution in [2.24, 2.45) is 5.73 Å². The van der Waals surface area contributed by atoms with Crippen molar-refractivity contribution in [3.8, 4) is 0 Å². The Morgan fingerprint density at radius 3 is 3.00 bits per heavy atom. The van der Waals surface area contributed by atoms with E-state index in [1.54, 1.807) is 0 Å². The topological polar surface area (TPSA) is 55.6 Å². The number of para-hydroxylation sites is 1. The van der Waals surface area contributed by atoms with Crippen LogP contribution < -0.4 is 10.6 Å². The molecule has 1 aliphatic heterocycles. The molecule has 1 unspecified atom stereocenters. The van der Waals surface area contributed by atoms with Gasteiger partial charge in [-0.2, -0.15) is 0 Å². The highest BCUT2D eigenvalue weighted by Gasteiger charge is 2.28. The van der Waals surface area contributed by atoms with E-state index in [4.69, 9.17) is 10.5 Å². The van der Waals surface area contributed by atoms with Gasteiger partial charge in [-0.15, -0.1) is 0 Å². The number of nitrogens with two attached hydrogens (primary N) is 1. The zero-order valence-electron chi connectivity index (χ0n) is 10.8. The van der Waals surface area contributed by atoms with Gasteiger partial charge in [0.25, 0.3) is 0 Å². The summed E-state index contributed by atoms with van der Waals surface area (Å²) >= 11 is 0. The average Bonchev–Trinajstić information content (AvgIpc) is 2.69. The number of nitrogens with zero attached hydrogens (tertiary/aromatic N) is 1. The smallest absolute Gasteiger partial charge is 0.325 e. The number of rotatable bonds is 5. The fourth-order valence-electron chi connectivity index (χ4n) is 2.54. The van der Waals surface area contributed by atoms with Crippen molar-refractivity contribution in [1.29, 1.82) is 0 Å². The van der Waals surface area contributed by atoms with Crippen LogP contribution in [0.2, 0.25) is 0 Å². The Bertz CT molecular complexity index is 420. The van der Waals surface area contributed by atoms with Crippen molar-refractivity contribution in [2.45, 2.75) is 19.3 Å². The fourth-order valence-corrected chi connectivity index (χ4v) is 2.54. The molecule has 1 aliphatic rings. The summed E-state index contributed by atoms with van der Waals surface area (Å²) in [7, 11) is 0. The highest BCUT2D eigenvalue weighted by Crippen LogP contribution is 2.37. The minimum Gasteiger partial charge on any atom is -0.465 e. The van der Waals surface area contributed by atoms with Crippen molar-refractivity contribution in [3.05, 3.63) is 29.8 Å². The van der Waals surface area contributed by atoms with Crippen molar-refractivity contribution >= 4 is 11.7 Å². The van der Waals surface area contributed by atoms with Crippen LogP contribution in [0.4, 0.5) is 5.69 Å². The molecule has 0 saturated heterocycles. The summed E-state index contributed by atoms with van der Waals surface area (Å²) in [5, 5.41) is 0. The van der Waals surface area contributed by atoms with Gasteiger partial charge in [0.15, 0.2) is 0 Å². The predicted octanol–water partition coefficient (Wildman–Crippen LogP) is 1.50. The van der Waals surface area contributed by atoms with E-state index in [0.717, 1.165) is 18.7 Å². The van der Waals surface area contributed by atoms with Crippen molar-refractivity contribution in [3.63, 3.8) is 0 Å². The van der Waals surface area contributed by atoms with Gasteiger partial charge in [-0.25, -0.2) is 0 Å². The first-order valence-electron chi connectivity index (χ1n) is 6.45. The van der Waals surface area contributed by atoms with Gasteiger partial charge in [-0.3, -0.25) is 4.79 Å². The molecule has 2 N–H and O–H groups in total. The van der Waals surface area contributed by atoms with E-state index in [2.05, 4.69) is 17.0 Å². The first kappa shape index (κ1) is 12.9. The molecular formula is C14H20N2O2. The summed E-state index contributed by atoms with van der Waals surface area (Å²) in [5.41, 5.74) is 8.09. The molecule has 1 heterocycles. The summed E-state index contributed by atoms with van der Waals surface area (Å²) in [4.78, 5) is 13.7. The second-order valence-electron chi connectivity index (χ2n) is 4.52. The van der Waals surface area contributed by atoms with Crippen LogP contribution in [0.1, 0.15) is 24.8 Å². The molecule has 0 bridgehead atoms. The van der Waals surface area contributed by atoms with Crippen molar-refractivity contribution < 1.29 is 9.53 Å². The molecule has 0 aromatic heterocycles. The third-order valence-electron chi connectivity index (χ3n) is 3.30. The Morgan fingerprint density at radius 2 is 2.28 bits per heavy atom. The molecule has 0 saturated carbocycles.